The maximum atomic E-state index is 12.5. The number of hydrogen-bond acceptors (Lipinski definition) is 4. The first-order valence-electron chi connectivity index (χ1n) is 8.75. The molecule has 2 unspecified atom stereocenters. The molecule has 1 aromatic rings. The van der Waals surface area contributed by atoms with Crippen molar-refractivity contribution in [1.29, 1.82) is 0 Å². The van der Waals surface area contributed by atoms with Gasteiger partial charge in [-0.3, -0.25) is 9.59 Å². The normalized spacial score (nSPS) is 19.1. The van der Waals surface area contributed by atoms with Crippen molar-refractivity contribution in [3.63, 3.8) is 0 Å². The molecule has 2 rings (SSSR count). The van der Waals surface area contributed by atoms with Crippen LogP contribution < -0.4 is 10.1 Å². The summed E-state index contributed by atoms with van der Waals surface area (Å²) in [6.45, 7) is 4.07. The zero-order valence-corrected chi connectivity index (χ0v) is 15.4. The summed E-state index contributed by atoms with van der Waals surface area (Å²) in [5.74, 6) is -1.34. The van der Waals surface area contributed by atoms with Crippen molar-refractivity contribution in [2.75, 3.05) is 13.7 Å². The van der Waals surface area contributed by atoms with Crippen LogP contribution in [-0.4, -0.2) is 47.0 Å². The highest BCUT2D eigenvalue weighted by atomic mass is 16.5. The molecule has 26 heavy (non-hydrogen) atoms. The Balaban J connectivity index is 1.99. The Morgan fingerprint density at radius 3 is 2.54 bits per heavy atom. The number of nitrogens with one attached hydrogen (secondary N) is 1. The zero-order valence-electron chi connectivity index (χ0n) is 15.4. The molecule has 2 atom stereocenters. The van der Waals surface area contributed by atoms with Gasteiger partial charge in [0.25, 0.3) is 0 Å². The minimum Gasteiger partial charge on any atom is -0.497 e. The molecule has 7 heteroatoms. The number of methoxy groups -OCH3 is 1. The van der Waals surface area contributed by atoms with Crippen LogP contribution >= 0.6 is 0 Å². The lowest BCUT2D eigenvalue weighted by atomic mass is 9.95. The van der Waals surface area contributed by atoms with Crippen molar-refractivity contribution >= 4 is 17.8 Å². The van der Waals surface area contributed by atoms with E-state index in [2.05, 4.69) is 5.32 Å². The van der Waals surface area contributed by atoms with Crippen LogP contribution in [0.1, 0.15) is 38.7 Å². The van der Waals surface area contributed by atoms with E-state index < -0.39 is 17.4 Å². The third kappa shape index (κ3) is 4.53. The summed E-state index contributed by atoms with van der Waals surface area (Å²) in [7, 11) is 1.59. The number of carbonyl (C=O) groups excluding carboxylic acids is 2. The highest BCUT2D eigenvalue weighted by molar-refractivity contribution is 5.92. The van der Waals surface area contributed by atoms with Crippen LogP contribution in [0.4, 0.5) is 0 Å². The van der Waals surface area contributed by atoms with E-state index in [9.17, 15) is 19.5 Å². The van der Waals surface area contributed by atoms with Gasteiger partial charge in [-0.05, 0) is 31.0 Å². The lowest BCUT2D eigenvalue weighted by molar-refractivity contribution is -0.147. The molecule has 2 N–H and O–H groups in total. The van der Waals surface area contributed by atoms with Crippen LogP contribution in [0.5, 0.6) is 5.75 Å². The summed E-state index contributed by atoms with van der Waals surface area (Å²) in [6.07, 6.45) is 1.07. The van der Waals surface area contributed by atoms with Crippen LogP contribution in [0.2, 0.25) is 0 Å². The minimum atomic E-state index is -1.31. The number of carbonyl (C=O) groups is 3. The molecular formula is C19H26N2O5. The topological polar surface area (TPSA) is 95.9 Å². The zero-order chi connectivity index (χ0) is 19.3. The predicted molar refractivity (Wildman–Crippen MR) is 95.6 cm³/mol. The molecular weight excluding hydrogens is 336 g/mol. The molecule has 0 aliphatic carbocycles. The van der Waals surface area contributed by atoms with Gasteiger partial charge in [0.2, 0.25) is 11.8 Å². The lowest BCUT2D eigenvalue weighted by Crippen LogP contribution is -2.54. The van der Waals surface area contributed by atoms with Crippen molar-refractivity contribution in [2.24, 2.45) is 5.92 Å². The van der Waals surface area contributed by atoms with Crippen molar-refractivity contribution in [2.45, 2.75) is 45.2 Å². The molecule has 2 amide bonds. The van der Waals surface area contributed by atoms with E-state index in [1.165, 1.54) is 6.92 Å². The van der Waals surface area contributed by atoms with Crippen LogP contribution in [0.15, 0.2) is 24.3 Å². The van der Waals surface area contributed by atoms with Crippen LogP contribution in [0.3, 0.4) is 0 Å². The Kier molecular flexibility index (Phi) is 6.23. The summed E-state index contributed by atoms with van der Waals surface area (Å²) in [5, 5.41) is 12.0. The van der Waals surface area contributed by atoms with E-state index in [0.717, 1.165) is 11.3 Å². The smallest absolute Gasteiger partial charge is 0.329 e. The number of rotatable bonds is 8. The van der Waals surface area contributed by atoms with Gasteiger partial charge in [0.1, 0.15) is 11.3 Å². The van der Waals surface area contributed by atoms with Crippen molar-refractivity contribution in [3.8, 4) is 5.75 Å². The number of aliphatic carboxylic acids is 1. The number of ether oxygens (including phenoxy) is 1. The number of carboxylic acids is 1. The van der Waals surface area contributed by atoms with Crippen molar-refractivity contribution < 1.29 is 24.2 Å². The molecule has 0 spiro atoms. The Labute approximate surface area is 153 Å². The molecule has 0 bridgehead atoms. The van der Waals surface area contributed by atoms with E-state index in [4.69, 9.17) is 4.74 Å². The number of carboxylic acid groups (broad SMARTS) is 1. The second-order valence-corrected chi connectivity index (χ2v) is 6.90. The predicted octanol–water partition coefficient (Wildman–Crippen LogP) is 1.80. The fraction of sp³-hybridized carbons (Fsp3) is 0.526. The number of benzene rings is 1. The van der Waals surface area contributed by atoms with E-state index in [1.54, 1.807) is 12.0 Å². The SMILES string of the molecule is CCCC(C)(NC(=O)C1CC(=O)N(Cc2ccc(OC)cc2)C1)C(=O)O. The first-order chi connectivity index (χ1) is 12.3. The lowest BCUT2D eigenvalue weighted by Gasteiger charge is -2.27. The standard InChI is InChI=1S/C19H26N2O5/c1-4-9-19(2,18(24)25)20-17(23)14-10-16(22)21(12-14)11-13-5-7-15(26-3)8-6-13/h5-8,14H,4,9-12H2,1-3H3,(H,20,23)(H,24,25). The van der Waals surface area contributed by atoms with Gasteiger partial charge in [0, 0.05) is 19.5 Å². The second kappa shape index (κ2) is 8.21. The molecule has 0 saturated carbocycles. The van der Waals surface area contributed by atoms with Crippen LogP contribution in [-0.2, 0) is 20.9 Å². The van der Waals surface area contributed by atoms with Crippen LogP contribution in [0.25, 0.3) is 0 Å². The fourth-order valence-electron chi connectivity index (χ4n) is 3.15. The highest BCUT2D eigenvalue weighted by Crippen LogP contribution is 2.23. The van der Waals surface area contributed by atoms with Gasteiger partial charge in [-0.1, -0.05) is 25.5 Å². The maximum Gasteiger partial charge on any atom is 0.329 e. The molecule has 0 aromatic heterocycles. The Hall–Kier alpha value is -2.57. The Bertz CT molecular complexity index is 673. The molecule has 1 fully saturated rings. The summed E-state index contributed by atoms with van der Waals surface area (Å²) in [5.41, 5.74) is -0.361. The summed E-state index contributed by atoms with van der Waals surface area (Å²) in [6, 6.07) is 7.40. The summed E-state index contributed by atoms with van der Waals surface area (Å²) >= 11 is 0. The maximum absolute atomic E-state index is 12.5. The second-order valence-electron chi connectivity index (χ2n) is 6.90. The number of hydrogen-bond donors (Lipinski definition) is 2. The first-order valence-corrected chi connectivity index (χ1v) is 8.75. The average Bonchev–Trinajstić information content (AvgIpc) is 2.96. The monoisotopic (exact) mass is 362 g/mol. The minimum absolute atomic E-state index is 0.101. The van der Waals surface area contributed by atoms with Gasteiger partial charge < -0.3 is 20.1 Å². The van der Waals surface area contributed by atoms with Gasteiger partial charge >= 0.3 is 5.97 Å². The van der Waals surface area contributed by atoms with E-state index in [0.29, 0.717) is 25.9 Å². The third-order valence-electron chi connectivity index (χ3n) is 4.74. The molecule has 1 aliphatic heterocycles. The van der Waals surface area contributed by atoms with Gasteiger partial charge in [-0.2, -0.15) is 0 Å². The quantitative estimate of drug-likeness (QED) is 0.735. The fourth-order valence-corrected chi connectivity index (χ4v) is 3.15. The Morgan fingerprint density at radius 1 is 1.35 bits per heavy atom. The molecule has 1 heterocycles. The number of amides is 2. The van der Waals surface area contributed by atoms with Gasteiger partial charge in [-0.25, -0.2) is 4.79 Å². The van der Waals surface area contributed by atoms with Crippen molar-refractivity contribution in [1.82, 2.24) is 10.2 Å². The number of nitrogens with zero attached hydrogens (tertiary/aromatic N) is 1. The molecule has 1 aliphatic rings. The molecule has 1 aromatic carbocycles. The Morgan fingerprint density at radius 2 is 2.00 bits per heavy atom. The van der Waals surface area contributed by atoms with E-state index in [1.807, 2.05) is 31.2 Å². The van der Waals surface area contributed by atoms with Crippen LogP contribution in [0, 0.1) is 5.92 Å². The average molecular weight is 362 g/mol. The largest absolute Gasteiger partial charge is 0.497 e. The van der Waals surface area contributed by atoms with Gasteiger partial charge in [-0.15, -0.1) is 0 Å². The highest BCUT2D eigenvalue weighted by Gasteiger charge is 2.39. The summed E-state index contributed by atoms with van der Waals surface area (Å²) in [4.78, 5) is 37.9. The first kappa shape index (κ1) is 19.8. The van der Waals surface area contributed by atoms with Gasteiger partial charge in [0.05, 0.1) is 13.0 Å². The molecule has 1 saturated heterocycles. The van der Waals surface area contributed by atoms with E-state index in [-0.39, 0.29) is 18.2 Å². The van der Waals surface area contributed by atoms with E-state index >= 15 is 0 Å². The molecule has 7 nitrogen and oxygen atoms in total. The third-order valence-corrected chi connectivity index (χ3v) is 4.74. The molecule has 0 radical (unpaired) electrons. The molecule has 142 valence electrons. The summed E-state index contributed by atoms with van der Waals surface area (Å²) < 4.78 is 5.11. The van der Waals surface area contributed by atoms with Crippen molar-refractivity contribution in [3.05, 3.63) is 29.8 Å². The van der Waals surface area contributed by atoms with Gasteiger partial charge in [0.15, 0.2) is 0 Å². The number of likely N-dealkylation sites (tertiary alicyclic amines) is 1.